The van der Waals surface area contributed by atoms with Gasteiger partial charge in [0, 0.05) is 0 Å². The maximum atomic E-state index is 11.8. The molecule has 2 aromatic heterocycles. The molecule has 7 heteroatoms. The topological polar surface area (TPSA) is 90.0 Å². The molecule has 15 heavy (non-hydrogen) atoms. The van der Waals surface area contributed by atoms with Crippen molar-refractivity contribution in [3.8, 4) is 0 Å². The summed E-state index contributed by atoms with van der Waals surface area (Å²) in [4.78, 5) is 26.8. The van der Waals surface area contributed by atoms with Crippen molar-refractivity contribution in [2.75, 3.05) is 0 Å². The highest BCUT2D eigenvalue weighted by atomic mass is 32.1. The second-order valence-corrected chi connectivity index (χ2v) is 3.80. The molecule has 0 aromatic carbocycles. The predicted molar refractivity (Wildman–Crippen MR) is 56.2 cm³/mol. The van der Waals surface area contributed by atoms with Crippen LogP contribution in [0, 0.1) is 0 Å². The summed E-state index contributed by atoms with van der Waals surface area (Å²) < 4.78 is 1.77. The molecule has 2 aromatic rings. The van der Waals surface area contributed by atoms with E-state index in [0.29, 0.717) is 10.2 Å². The summed E-state index contributed by atoms with van der Waals surface area (Å²) in [6, 6.07) is 1.76. The Labute approximate surface area is 88.3 Å². The van der Waals surface area contributed by atoms with E-state index in [0.717, 1.165) is 0 Å². The number of carbonyl (C=O) groups excluding carboxylic acids is 1. The van der Waals surface area contributed by atoms with Crippen LogP contribution in [0.1, 0.15) is 0 Å². The van der Waals surface area contributed by atoms with Crippen LogP contribution in [0.5, 0.6) is 0 Å². The van der Waals surface area contributed by atoms with Crippen LogP contribution in [-0.2, 0) is 11.3 Å². The van der Waals surface area contributed by atoms with Gasteiger partial charge in [-0.3, -0.25) is 19.6 Å². The molecule has 0 saturated carbocycles. The average Bonchev–Trinajstić information content (AvgIpc) is 2.70. The number of nitrogens with zero attached hydrogens (tertiary/aromatic N) is 2. The molecule has 0 aliphatic heterocycles. The van der Waals surface area contributed by atoms with E-state index < -0.39 is 5.91 Å². The van der Waals surface area contributed by atoms with Crippen molar-refractivity contribution < 1.29 is 4.79 Å². The van der Waals surface area contributed by atoms with E-state index in [2.05, 4.69) is 4.98 Å². The van der Waals surface area contributed by atoms with Crippen molar-refractivity contribution in [1.29, 1.82) is 0 Å². The van der Waals surface area contributed by atoms with Gasteiger partial charge in [-0.05, 0) is 11.4 Å². The van der Waals surface area contributed by atoms with Crippen LogP contribution in [0.2, 0.25) is 0 Å². The molecule has 0 spiro atoms. The highest BCUT2D eigenvalue weighted by Gasteiger charge is 2.07. The highest BCUT2D eigenvalue weighted by Crippen LogP contribution is 2.12. The third-order valence-corrected chi connectivity index (χ3v) is 2.80. The van der Waals surface area contributed by atoms with E-state index in [4.69, 9.17) is 5.84 Å². The Kier molecular flexibility index (Phi) is 2.48. The van der Waals surface area contributed by atoms with Crippen LogP contribution >= 0.6 is 11.3 Å². The van der Waals surface area contributed by atoms with Gasteiger partial charge in [-0.2, -0.15) is 0 Å². The number of hydrogen-bond donors (Lipinski definition) is 2. The van der Waals surface area contributed by atoms with Crippen LogP contribution in [-0.4, -0.2) is 15.5 Å². The molecule has 0 unspecified atom stereocenters. The molecule has 2 heterocycles. The van der Waals surface area contributed by atoms with Gasteiger partial charge in [-0.15, -0.1) is 11.3 Å². The Bertz CT molecular complexity index is 559. The number of nitrogens with two attached hydrogens (primary N) is 1. The number of hydrogen-bond acceptors (Lipinski definition) is 5. The molecule has 0 radical (unpaired) electrons. The molecule has 0 saturated heterocycles. The first-order valence-electron chi connectivity index (χ1n) is 4.14. The van der Waals surface area contributed by atoms with Gasteiger partial charge < -0.3 is 0 Å². The van der Waals surface area contributed by atoms with E-state index in [1.54, 1.807) is 11.4 Å². The third kappa shape index (κ3) is 1.74. The molecule has 0 aliphatic rings. The van der Waals surface area contributed by atoms with Gasteiger partial charge in [0.05, 0.1) is 11.8 Å². The van der Waals surface area contributed by atoms with Crippen molar-refractivity contribution >= 4 is 27.5 Å². The van der Waals surface area contributed by atoms with E-state index in [1.807, 2.05) is 5.43 Å². The molecular weight excluding hydrogens is 216 g/mol. The van der Waals surface area contributed by atoms with Gasteiger partial charge in [0.2, 0.25) is 0 Å². The maximum absolute atomic E-state index is 11.8. The molecule has 0 atom stereocenters. The van der Waals surface area contributed by atoms with Gasteiger partial charge in [0.1, 0.15) is 11.2 Å². The second kappa shape index (κ2) is 3.79. The number of carbonyl (C=O) groups is 1. The fraction of sp³-hybridized carbons (Fsp3) is 0.125. The summed E-state index contributed by atoms with van der Waals surface area (Å²) in [6.45, 7) is -0.115. The van der Waals surface area contributed by atoms with Crippen molar-refractivity contribution in [3.05, 3.63) is 28.1 Å². The number of aromatic nitrogens is 2. The molecule has 2 rings (SSSR count). The Hall–Kier alpha value is -1.73. The SMILES string of the molecule is NNC(=O)Cn1cnc2ccsc2c1=O. The number of fused-ring (bicyclic) bond motifs is 1. The van der Waals surface area contributed by atoms with Crippen LogP contribution in [0.15, 0.2) is 22.6 Å². The first-order chi connectivity index (χ1) is 7.22. The fourth-order valence-electron chi connectivity index (χ4n) is 1.19. The Balaban J connectivity index is 2.48. The molecule has 6 nitrogen and oxygen atoms in total. The number of thiophene rings is 1. The predicted octanol–water partition coefficient (Wildman–Crippen LogP) is -0.552. The zero-order chi connectivity index (χ0) is 10.8. The second-order valence-electron chi connectivity index (χ2n) is 2.88. The van der Waals surface area contributed by atoms with E-state index in [-0.39, 0.29) is 12.1 Å². The summed E-state index contributed by atoms with van der Waals surface area (Å²) in [6.07, 6.45) is 1.34. The summed E-state index contributed by atoms with van der Waals surface area (Å²) in [5, 5.41) is 1.78. The zero-order valence-electron chi connectivity index (χ0n) is 7.64. The quantitative estimate of drug-likeness (QED) is 0.407. The Morgan fingerprint density at radius 2 is 2.47 bits per heavy atom. The van der Waals surface area contributed by atoms with Crippen LogP contribution in [0.3, 0.4) is 0 Å². The highest BCUT2D eigenvalue weighted by molar-refractivity contribution is 7.17. The van der Waals surface area contributed by atoms with Crippen LogP contribution < -0.4 is 16.8 Å². The lowest BCUT2D eigenvalue weighted by Gasteiger charge is -2.02. The van der Waals surface area contributed by atoms with Crippen molar-refractivity contribution in [2.45, 2.75) is 6.54 Å². The van der Waals surface area contributed by atoms with Crippen molar-refractivity contribution in [3.63, 3.8) is 0 Å². The first-order valence-corrected chi connectivity index (χ1v) is 5.02. The summed E-state index contributed by atoms with van der Waals surface area (Å²) >= 11 is 1.30. The lowest BCUT2D eigenvalue weighted by Crippen LogP contribution is -2.36. The van der Waals surface area contributed by atoms with Gasteiger partial charge >= 0.3 is 0 Å². The largest absolute Gasteiger partial charge is 0.293 e. The molecule has 0 fully saturated rings. The van der Waals surface area contributed by atoms with Gasteiger partial charge in [0.25, 0.3) is 11.5 Å². The molecular formula is C8H8N4O2S. The van der Waals surface area contributed by atoms with E-state index in [9.17, 15) is 9.59 Å². The normalized spacial score (nSPS) is 10.5. The van der Waals surface area contributed by atoms with Gasteiger partial charge in [-0.25, -0.2) is 10.8 Å². The first kappa shape index (κ1) is 9.81. The molecule has 0 aliphatic carbocycles. The Morgan fingerprint density at radius 3 is 3.20 bits per heavy atom. The summed E-state index contributed by atoms with van der Waals surface area (Å²) in [5.74, 6) is 4.49. The molecule has 78 valence electrons. The Morgan fingerprint density at radius 1 is 1.67 bits per heavy atom. The maximum Gasteiger partial charge on any atom is 0.271 e. The summed E-state index contributed by atoms with van der Waals surface area (Å²) in [5.41, 5.74) is 2.38. The minimum atomic E-state index is -0.435. The van der Waals surface area contributed by atoms with Crippen molar-refractivity contribution in [1.82, 2.24) is 15.0 Å². The lowest BCUT2D eigenvalue weighted by molar-refractivity contribution is -0.121. The molecule has 1 amide bonds. The number of rotatable bonds is 2. The van der Waals surface area contributed by atoms with Gasteiger partial charge in [0.15, 0.2) is 0 Å². The molecule has 0 bridgehead atoms. The van der Waals surface area contributed by atoms with Crippen LogP contribution in [0.4, 0.5) is 0 Å². The van der Waals surface area contributed by atoms with E-state index >= 15 is 0 Å². The standard InChI is InChI=1S/C8H8N4O2S/c9-11-6(13)3-12-4-10-5-1-2-15-7(5)8(12)14/h1-2,4H,3,9H2,(H,11,13). The minimum Gasteiger partial charge on any atom is -0.293 e. The lowest BCUT2D eigenvalue weighted by atomic mass is 10.4. The molecule has 3 N–H and O–H groups in total. The third-order valence-electron chi connectivity index (χ3n) is 1.91. The van der Waals surface area contributed by atoms with Crippen molar-refractivity contribution in [2.24, 2.45) is 5.84 Å². The smallest absolute Gasteiger partial charge is 0.271 e. The number of amides is 1. The number of nitrogens with one attached hydrogen (secondary N) is 1. The average molecular weight is 224 g/mol. The van der Waals surface area contributed by atoms with Gasteiger partial charge in [-0.1, -0.05) is 0 Å². The van der Waals surface area contributed by atoms with Crippen LogP contribution in [0.25, 0.3) is 10.2 Å². The number of hydrazine groups is 1. The monoisotopic (exact) mass is 224 g/mol. The summed E-state index contributed by atoms with van der Waals surface area (Å²) in [7, 11) is 0. The zero-order valence-corrected chi connectivity index (χ0v) is 8.45. The minimum absolute atomic E-state index is 0.115. The fourth-order valence-corrected chi connectivity index (χ4v) is 1.98. The van der Waals surface area contributed by atoms with E-state index in [1.165, 1.54) is 22.2 Å².